The second-order valence-corrected chi connectivity index (χ2v) is 7.81. The van der Waals surface area contributed by atoms with Crippen LogP contribution in [0.4, 0.5) is 5.69 Å². The van der Waals surface area contributed by atoms with Gasteiger partial charge < -0.3 is 19.5 Å². The number of anilines is 1. The number of nitrogens with one attached hydrogen (secondary N) is 2. The summed E-state index contributed by atoms with van der Waals surface area (Å²) in [4.78, 5) is 16.8. The van der Waals surface area contributed by atoms with Gasteiger partial charge in [-0.05, 0) is 30.7 Å². The highest BCUT2D eigenvalue weighted by Crippen LogP contribution is 2.18. The number of rotatable bonds is 11. The van der Waals surface area contributed by atoms with Crippen LogP contribution in [0.5, 0.6) is 5.88 Å². The number of hydrogen-bond donors (Lipinski definition) is 2. The van der Waals surface area contributed by atoms with E-state index in [2.05, 4.69) is 15.0 Å². The van der Waals surface area contributed by atoms with E-state index in [-0.39, 0.29) is 23.6 Å². The highest BCUT2D eigenvalue weighted by molar-refractivity contribution is 7.89. The lowest BCUT2D eigenvalue weighted by Gasteiger charge is -2.11. The summed E-state index contributed by atoms with van der Waals surface area (Å²) in [5.74, 6) is -0.0299. The lowest BCUT2D eigenvalue weighted by atomic mass is 10.1. The van der Waals surface area contributed by atoms with Gasteiger partial charge in [0.25, 0.3) is 5.91 Å². The number of methoxy groups -OCH3 is 2. The van der Waals surface area contributed by atoms with E-state index in [4.69, 9.17) is 14.2 Å². The third-order valence-corrected chi connectivity index (χ3v) is 5.35. The molecule has 10 heteroatoms. The average molecular weight is 423 g/mol. The summed E-state index contributed by atoms with van der Waals surface area (Å²) >= 11 is 0. The zero-order valence-electron chi connectivity index (χ0n) is 16.6. The molecule has 0 unspecified atom stereocenters. The number of sulfonamides is 1. The maximum absolute atomic E-state index is 12.6. The Morgan fingerprint density at radius 2 is 1.83 bits per heavy atom. The van der Waals surface area contributed by atoms with Crippen molar-refractivity contribution in [1.29, 1.82) is 0 Å². The van der Waals surface area contributed by atoms with Gasteiger partial charge in [-0.1, -0.05) is 6.07 Å². The summed E-state index contributed by atoms with van der Waals surface area (Å²) in [6.45, 7) is 2.93. The number of nitrogens with zero attached hydrogens (tertiary/aromatic N) is 1. The van der Waals surface area contributed by atoms with Crippen LogP contribution >= 0.6 is 0 Å². The summed E-state index contributed by atoms with van der Waals surface area (Å²) < 4.78 is 42.3. The molecule has 0 aliphatic heterocycles. The Morgan fingerprint density at radius 1 is 1.07 bits per heavy atom. The van der Waals surface area contributed by atoms with Crippen molar-refractivity contribution in [3.05, 3.63) is 47.7 Å². The molecule has 0 saturated heterocycles. The molecule has 1 heterocycles. The van der Waals surface area contributed by atoms with Crippen LogP contribution in [0.2, 0.25) is 0 Å². The van der Waals surface area contributed by atoms with Gasteiger partial charge in [0.05, 0.1) is 30.0 Å². The molecular weight excluding hydrogens is 398 g/mol. The van der Waals surface area contributed by atoms with Crippen LogP contribution in [0.3, 0.4) is 0 Å². The Morgan fingerprint density at radius 3 is 2.48 bits per heavy atom. The first kappa shape index (κ1) is 22.8. The molecular formula is C19H25N3O6S. The molecule has 0 saturated carbocycles. The minimum atomic E-state index is -3.74. The van der Waals surface area contributed by atoms with Crippen molar-refractivity contribution in [3.63, 3.8) is 0 Å². The van der Waals surface area contributed by atoms with Crippen molar-refractivity contribution in [1.82, 2.24) is 9.71 Å². The van der Waals surface area contributed by atoms with E-state index in [9.17, 15) is 13.2 Å². The molecule has 29 heavy (non-hydrogen) atoms. The number of aromatic nitrogens is 1. The van der Waals surface area contributed by atoms with Crippen molar-refractivity contribution in [2.45, 2.75) is 11.8 Å². The van der Waals surface area contributed by atoms with Crippen LogP contribution in [0.25, 0.3) is 0 Å². The van der Waals surface area contributed by atoms with Crippen LogP contribution < -0.4 is 14.8 Å². The molecule has 0 fully saturated rings. The van der Waals surface area contributed by atoms with Gasteiger partial charge in [-0.2, -0.15) is 0 Å². The number of carbonyl (C=O) groups is 1. The molecule has 1 aromatic carbocycles. The third-order valence-electron chi connectivity index (χ3n) is 3.89. The number of ether oxygens (including phenoxy) is 3. The average Bonchev–Trinajstić information content (AvgIpc) is 2.69. The van der Waals surface area contributed by atoms with Crippen molar-refractivity contribution < 1.29 is 27.4 Å². The van der Waals surface area contributed by atoms with Crippen LogP contribution in [0.1, 0.15) is 15.9 Å². The van der Waals surface area contributed by atoms with Crippen molar-refractivity contribution in [2.24, 2.45) is 0 Å². The number of benzene rings is 1. The monoisotopic (exact) mass is 423 g/mol. The Labute approximate surface area is 170 Å². The lowest BCUT2D eigenvalue weighted by Crippen LogP contribution is -2.27. The predicted octanol–water partition coefficient (Wildman–Crippen LogP) is 1.59. The zero-order valence-corrected chi connectivity index (χ0v) is 17.4. The fourth-order valence-electron chi connectivity index (χ4n) is 2.34. The van der Waals surface area contributed by atoms with E-state index in [0.717, 1.165) is 0 Å². The molecule has 0 bridgehead atoms. The fraction of sp³-hybridized carbons (Fsp3) is 0.368. The Bertz CT molecular complexity index is 916. The molecule has 9 nitrogen and oxygen atoms in total. The van der Waals surface area contributed by atoms with Gasteiger partial charge in [-0.15, -0.1) is 0 Å². The van der Waals surface area contributed by atoms with Gasteiger partial charge in [0.15, 0.2) is 0 Å². The van der Waals surface area contributed by atoms with Crippen molar-refractivity contribution >= 4 is 21.6 Å². The van der Waals surface area contributed by atoms with Gasteiger partial charge in [-0.25, -0.2) is 18.1 Å². The van der Waals surface area contributed by atoms with E-state index in [1.807, 2.05) is 0 Å². The van der Waals surface area contributed by atoms with Gasteiger partial charge in [0, 0.05) is 32.4 Å². The largest absolute Gasteiger partial charge is 0.475 e. The van der Waals surface area contributed by atoms with Crippen LogP contribution in [-0.2, 0) is 19.5 Å². The summed E-state index contributed by atoms with van der Waals surface area (Å²) in [6.07, 6.45) is 1.46. The number of hydrogen-bond acceptors (Lipinski definition) is 7. The van der Waals surface area contributed by atoms with E-state index < -0.39 is 15.9 Å². The number of carbonyl (C=O) groups excluding carboxylic acids is 1. The van der Waals surface area contributed by atoms with Crippen LogP contribution in [-0.4, -0.2) is 59.9 Å². The molecule has 2 N–H and O–H groups in total. The minimum absolute atomic E-state index is 0.00405. The first-order chi connectivity index (χ1) is 13.9. The molecule has 0 aliphatic rings. The third kappa shape index (κ3) is 6.79. The zero-order chi connectivity index (χ0) is 21.3. The van der Waals surface area contributed by atoms with Gasteiger partial charge >= 0.3 is 0 Å². The topological polar surface area (TPSA) is 116 Å². The molecule has 0 aliphatic carbocycles. The van der Waals surface area contributed by atoms with Crippen molar-refractivity contribution in [2.75, 3.05) is 45.9 Å². The SMILES string of the molecule is COCCNS(=O)(=O)c1ccc(C)c(C(=O)Nc2ccc(OCCOC)nc2)c1. The second kappa shape index (κ2) is 10.9. The summed E-state index contributed by atoms with van der Waals surface area (Å²) in [6, 6.07) is 7.66. The molecule has 0 atom stereocenters. The summed E-state index contributed by atoms with van der Waals surface area (Å²) in [5.41, 5.74) is 1.35. The molecule has 1 amide bonds. The normalized spacial score (nSPS) is 11.3. The highest BCUT2D eigenvalue weighted by Gasteiger charge is 2.18. The molecule has 2 rings (SSSR count). The Kier molecular flexibility index (Phi) is 8.52. The van der Waals surface area contributed by atoms with E-state index in [1.165, 1.54) is 25.4 Å². The number of aryl methyl sites for hydroxylation is 1. The Hall–Kier alpha value is -2.53. The van der Waals surface area contributed by atoms with Crippen molar-refractivity contribution in [3.8, 4) is 5.88 Å². The molecule has 158 valence electrons. The first-order valence-electron chi connectivity index (χ1n) is 8.86. The molecule has 0 radical (unpaired) electrons. The standard InChI is InChI=1S/C19H25N3O6S/c1-14-4-6-16(29(24,25)21-8-9-26-2)12-17(14)19(23)22-15-5-7-18(20-13-15)28-11-10-27-3/h4-7,12-13,21H,8-11H2,1-3H3,(H,22,23). The maximum atomic E-state index is 12.6. The number of amides is 1. The van der Waals surface area contributed by atoms with Crippen LogP contribution in [0, 0.1) is 6.92 Å². The van der Waals surface area contributed by atoms with E-state index in [0.29, 0.717) is 30.3 Å². The lowest BCUT2D eigenvalue weighted by molar-refractivity contribution is 0.102. The predicted molar refractivity (Wildman–Crippen MR) is 108 cm³/mol. The first-order valence-corrected chi connectivity index (χ1v) is 10.3. The Balaban J connectivity index is 2.10. The molecule has 2 aromatic rings. The number of pyridine rings is 1. The van der Waals surface area contributed by atoms with E-state index >= 15 is 0 Å². The smallest absolute Gasteiger partial charge is 0.256 e. The fourth-order valence-corrected chi connectivity index (χ4v) is 3.38. The second-order valence-electron chi connectivity index (χ2n) is 6.05. The summed E-state index contributed by atoms with van der Waals surface area (Å²) in [7, 11) is -0.685. The maximum Gasteiger partial charge on any atom is 0.256 e. The molecule has 0 spiro atoms. The van der Waals surface area contributed by atoms with E-state index in [1.54, 1.807) is 32.2 Å². The molecule has 1 aromatic heterocycles. The van der Waals surface area contributed by atoms with Gasteiger partial charge in [0.2, 0.25) is 15.9 Å². The van der Waals surface area contributed by atoms with Gasteiger partial charge in [0.1, 0.15) is 6.61 Å². The quantitative estimate of drug-likeness (QED) is 0.527. The van der Waals surface area contributed by atoms with Gasteiger partial charge in [-0.3, -0.25) is 4.79 Å². The minimum Gasteiger partial charge on any atom is -0.475 e. The highest BCUT2D eigenvalue weighted by atomic mass is 32.2. The van der Waals surface area contributed by atoms with Crippen LogP contribution in [0.15, 0.2) is 41.4 Å². The summed E-state index contributed by atoms with van der Waals surface area (Å²) in [5, 5.41) is 2.71.